The lowest BCUT2D eigenvalue weighted by Gasteiger charge is -2.36. The molecule has 1 aromatic rings. The Morgan fingerprint density at radius 1 is 1.34 bits per heavy atom. The zero-order chi connectivity index (χ0) is 23.0. The largest absolute Gasteiger partial charge is 0.466 e. The molecule has 1 fully saturated rings. The van der Waals surface area contributed by atoms with Crippen LogP contribution in [0, 0.1) is 0 Å². The highest BCUT2D eigenvalue weighted by Gasteiger charge is 2.41. The van der Waals surface area contributed by atoms with Crippen LogP contribution in [0.3, 0.4) is 0 Å². The first-order valence-corrected chi connectivity index (χ1v) is 11.8. The molecule has 4 rings (SSSR count). The number of likely N-dealkylation sites (tertiary alicyclic amines) is 1. The zero-order valence-electron chi connectivity index (χ0n) is 18.7. The number of aliphatic imine (C=N–C) groups is 1. The normalized spacial score (nSPS) is 22.8. The molecule has 0 radical (unpaired) electrons. The molecule has 9 heteroatoms. The number of nitrogens with zero attached hydrogens (tertiary/aromatic N) is 4. The summed E-state index contributed by atoms with van der Waals surface area (Å²) in [6.45, 7) is 3.30. The van der Waals surface area contributed by atoms with Gasteiger partial charge in [-0.3, -0.25) is 4.79 Å². The van der Waals surface area contributed by atoms with E-state index in [-0.39, 0.29) is 12.3 Å². The van der Waals surface area contributed by atoms with Gasteiger partial charge in [-0.15, -0.1) is 0 Å². The molecule has 0 unspecified atom stereocenters. The SMILES string of the molecule is COC(=O)C1=C(C)N=C2SC=C(CC(=O)N3CC[C@H](N(C)C)C3)N2[C@H]1c1cccc(Cl)c1. The lowest BCUT2D eigenvalue weighted by molar-refractivity contribution is -0.136. The number of benzene rings is 1. The van der Waals surface area contributed by atoms with Crippen LogP contribution in [0.25, 0.3) is 0 Å². The van der Waals surface area contributed by atoms with E-state index in [1.165, 1.54) is 18.9 Å². The molecule has 1 amide bonds. The molecule has 170 valence electrons. The number of likely N-dealkylation sites (N-methyl/N-ethyl adjacent to an activating group) is 1. The molecule has 0 bridgehead atoms. The van der Waals surface area contributed by atoms with Gasteiger partial charge in [-0.2, -0.15) is 0 Å². The summed E-state index contributed by atoms with van der Waals surface area (Å²) >= 11 is 7.75. The molecule has 2 atom stereocenters. The number of amides is 1. The van der Waals surface area contributed by atoms with Gasteiger partial charge in [-0.05, 0) is 50.5 Å². The van der Waals surface area contributed by atoms with Gasteiger partial charge in [0.25, 0.3) is 0 Å². The molecular formula is C23H27ClN4O3S. The Hall–Kier alpha value is -2.29. The molecule has 0 aliphatic carbocycles. The van der Waals surface area contributed by atoms with E-state index in [1.54, 1.807) is 6.07 Å². The maximum absolute atomic E-state index is 13.1. The second kappa shape index (κ2) is 9.29. The Balaban J connectivity index is 1.64. The van der Waals surface area contributed by atoms with Gasteiger partial charge < -0.3 is 19.4 Å². The van der Waals surface area contributed by atoms with Gasteiger partial charge in [0, 0.05) is 29.9 Å². The van der Waals surface area contributed by atoms with Crippen LogP contribution in [0.15, 0.2) is 51.6 Å². The summed E-state index contributed by atoms with van der Waals surface area (Å²) < 4.78 is 5.09. The molecule has 3 aliphatic heterocycles. The number of ether oxygens (including phenoxy) is 1. The van der Waals surface area contributed by atoms with Gasteiger partial charge >= 0.3 is 5.97 Å². The number of allylic oxidation sites excluding steroid dienone is 1. The van der Waals surface area contributed by atoms with Crippen LogP contribution in [0.1, 0.15) is 31.4 Å². The number of methoxy groups -OCH3 is 1. The second-order valence-electron chi connectivity index (χ2n) is 8.36. The Bertz CT molecular complexity index is 1040. The fraction of sp³-hybridized carbons (Fsp3) is 0.435. The molecule has 1 saturated heterocycles. The highest BCUT2D eigenvalue weighted by molar-refractivity contribution is 8.16. The quantitative estimate of drug-likeness (QED) is 0.607. The van der Waals surface area contributed by atoms with Crippen molar-refractivity contribution in [3.63, 3.8) is 0 Å². The lowest BCUT2D eigenvalue weighted by Crippen LogP contribution is -2.39. The van der Waals surface area contributed by atoms with E-state index < -0.39 is 12.0 Å². The number of fused-ring (bicyclic) bond motifs is 1. The molecule has 0 N–H and O–H groups in total. The molecule has 3 aliphatic rings. The van der Waals surface area contributed by atoms with Gasteiger partial charge in [-0.1, -0.05) is 35.5 Å². The van der Waals surface area contributed by atoms with Gasteiger partial charge in [0.15, 0.2) is 5.17 Å². The van der Waals surface area contributed by atoms with Crippen molar-refractivity contribution in [2.45, 2.75) is 31.8 Å². The van der Waals surface area contributed by atoms with Crippen LogP contribution in [-0.2, 0) is 14.3 Å². The highest BCUT2D eigenvalue weighted by Crippen LogP contribution is 2.45. The van der Waals surface area contributed by atoms with Crippen molar-refractivity contribution in [3.8, 4) is 0 Å². The molecule has 0 saturated carbocycles. The van der Waals surface area contributed by atoms with Crippen LogP contribution in [0.4, 0.5) is 0 Å². The van der Waals surface area contributed by atoms with Gasteiger partial charge in [0.1, 0.15) is 0 Å². The van der Waals surface area contributed by atoms with Crippen molar-refractivity contribution >= 4 is 40.4 Å². The molecule has 32 heavy (non-hydrogen) atoms. The maximum Gasteiger partial charge on any atom is 0.338 e. The maximum atomic E-state index is 13.1. The number of hydrogen-bond donors (Lipinski definition) is 0. The third-order valence-corrected chi connectivity index (χ3v) is 7.27. The van der Waals surface area contributed by atoms with Crippen LogP contribution < -0.4 is 0 Å². The van der Waals surface area contributed by atoms with Crippen molar-refractivity contribution in [2.24, 2.45) is 4.99 Å². The summed E-state index contributed by atoms with van der Waals surface area (Å²) in [6.07, 6.45) is 1.22. The van der Waals surface area contributed by atoms with Crippen molar-refractivity contribution in [1.29, 1.82) is 0 Å². The molecule has 0 aromatic heterocycles. The van der Waals surface area contributed by atoms with E-state index in [2.05, 4.69) is 9.89 Å². The summed E-state index contributed by atoms with van der Waals surface area (Å²) in [5.74, 6) is -0.357. The average molecular weight is 475 g/mol. The molecule has 0 spiro atoms. The van der Waals surface area contributed by atoms with E-state index in [4.69, 9.17) is 16.3 Å². The lowest BCUT2D eigenvalue weighted by atomic mass is 9.94. The van der Waals surface area contributed by atoms with Crippen molar-refractivity contribution in [2.75, 3.05) is 34.3 Å². The monoisotopic (exact) mass is 474 g/mol. The van der Waals surface area contributed by atoms with Gasteiger partial charge in [0.2, 0.25) is 5.91 Å². The minimum Gasteiger partial charge on any atom is -0.466 e. The number of amidine groups is 1. The molecule has 7 nitrogen and oxygen atoms in total. The highest BCUT2D eigenvalue weighted by atomic mass is 35.5. The Morgan fingerprint density at radius 3 is 2.78 bits per heavy atom. The Labute approximate surface area is 197 Å². The third-order valence-electron chi connectivity index (χ3n) is 6.15. The summed E-state index contributed by atoms with van der Waals surface area (Å²) in [5.41, 5.74) is 2.73. The predicted octanol–water partition coefficient (Wildman–Crippen LogP) is 3.64. The first kappa shape index (κ1) is 22.9. The van der Waals surface area contributed by atoms with Crippen LogP contribution in [-0.4, -0.2) is 72.1 Å². The average Bonchev–Trinajstić information content (AvgIpc) is 3.40. The van der Waals surface area contributed by atoms with Crippen molar-refractivity contribution in [3.05, 3.63) is 57.2 Å². The van der Waals surface area contributed by atoms with Crippen LogP contribution in [0.2, 0.25) is 5.02 Å². The second-order valence-corrected chi connectivity index (χ2v) is 9.64. The fourth-order valence-electron chi connectivity index (χ4n) is 4.39. The number of rotatable bonds is 5. The van der Waals surface area contributed by atoms with Crippen LogP contribution >= 0.6 is 23.4 Å². The number of esters is 1. The molecule has 1 aromatic carbocycles. The van der Waals surface area contributed by atoms with Crippen molar-refractivity contribution < 1.29 is 14.3 Å². The zero-order valence-corrected chi connectivity index (χ0v) is 20.2. The third kappa shape index (κ3) is 4.31. The minimum atomic E-state index is -0.462. The number of carbonyl (C=O) groups excluding carboxylic acids is 2. The van der Waals surface area contributed by atoms with Gasteiger partial charge in [0.05, 0.1) is 30.8 Å². The van der Waals surface area contributed by atoms with E-state index in [9.17, 15) is 9.59 Å². The topological polar surface area (TPSA) is 65.5 Å². The number of thioether (sulfide) groups is 1. The number of halogens is 1. The first-order valence-electron chi connectivity index (χ1n) is 10.5. The predicted molar refractivity (Wildman–Crippen MR) is 127 cm³/mol. The van der Waals surface area contributed by atoms with Crippen molar-refractivity contribution in [1.82, 2.24) is 14.7 Å². The summed E-state index contributed by atoms with van der Waals surface area (Å²) in [7, 11) is 5.46. The Morgan fingerprint density at radius 2 is 2.12 bits per heavy atom. The minimum absolute atomic E-state index is 0.0817. The summed E-state index contributed by atoms with van der Waals surface area (Å²) in [6, 6.07) is 7.35. The number of hydrogen-bond acceptors (Lipinski definition) is 7. The molecular weight excluding hydrogens is 448 g/mol. The smallest absolute Gasteiger partial charge is 0.338 e. The Kier molecular flexibility index (Phi) is 6.65. The fourth-order valence-corrected chi connectivity index (χ4v) is 5.55. The summed E-state index contributed by atoms with van der Waals surface area (Å²) in [5, 5.41) is 3.28. The van der Waals surface area contributed by atoms with E-state index in [0.29, 0.717) is 22.3 Å². The standard InChI is InChI=1S/C23H27ClN4O3S/c1-14-20(22(30)31-4)21(15-6-5-7-16(24)10-15)28-18(13-32-23(28)25-14)11-19(29)27-9-8-17(12-27)26(2)3/h5-7,10,13,17,21H,8-9,11-12H2,1-4H3/t17-,21-/m0/s1. The molecule has 3 heterocycles. The van der Waals surface area contributed by atoms with E-state index in [0.717, 1.165) is 35.9 Å². The van der Waals surface area contributed by atoms with E-state index in [1.807, 2.05) is 54.4 Å². The van der Waals surface area contributed by atoms with Crippen LogP contribution in [0.5, 0.6) is 0 Å². The summed E-state index contributed by atoms with van der Waals surface area (Å²) in [4.78, 5) is 36.6. The van der Waals surface area contributed by atoms with Gasteiger partial charge in [-0.25, -0.2) is 9.79 Å². The first-order chi connectivity index (χ1) is 15.3. The van der Waals surface area contributed by atoms with E-state index >= 15 is 0 Å². The number of carbonyl (C=O) groups is 2.